The van der Waals surface area contributed by atoms with Crippen LogP contribution in [0.3, 0.4) is 0 Å². The fourth-order valence-corrected chi connectivity index (χ4v) is 3.19. The summed E-state index contributed by atoms with van der Waals surface area (Å²) in [6.07, 6.45) is 0. The minimum atomic E-state index is 0.849. The number of thioether (sulfide) groups is 1. The molecule has 94 valence electrons. The molecule has 0 spiro atoms. The van der Waals surface area contributed by atoms with Crippen molar-refractivity contribution in [3.8, 4) is 0 Å². The van der Waals surface area contributed by atoms with Crippen molar-refractivity contribution in [2.24, 2.45) is 0 Å². The number of halogens is 1. The number of aromatic nitrogens is 1. The third-order valence-electron chi connectivity index (χ3n) is 2.79. The van der Waals surface area contributed by atoms with Crippen LogP contribution >= 0.6 is 27.7 Å². The van der Waals surface area contributed by atoms with Gasteiger partial charge in [-0.15, -0.1) is 0 Å². The zero-order valence-corrected chi connectivity index (χ0v) is 12.3. The maximum absolute atomic E-state index is 4.39. The van der Waals surface area contributed by atoms with Gasteiger partial charge in [-0.1, -0.05) is 6.07 Å². The molecule has 1 saturated heterocycles. The van der Waals surface area contributed by atoms with Gasteiger partial charge < -0.3 is 10.2 Å². The molecule has 0 aromatic carbocycles. The van der Waals surface area contributed by atoms with Gasteiger partial charge in [-0.25, -0.2) is 4.98 Å². The molecule has 17 heavy (non-hydrogen) atoms. The highest BCUT2D eigenvalue weighted by Crippen LogP contribution is 2.08. The van der Waals surface area contributed by atoms with Crippen LogP contribution in [0, 0.1) is 0 Å². The summed E-state index contributed by atoms with van der Waals surface area (Å²) in [6, 6.07) is 6.03. The van der Waals surface area contributed by atoms with E-state index in [1.54, 1.807) is 0 Å². The molecule has 1 aromatic heterocycles. The summed E-state index contributed by atoms with van der Waals surface area (Å²) in [4.78, 5) is 6.92. The second-order valence-electron chi connectivity index (χ2n) is 4.08. The van der Waals surface area contributed by atoms with Gasteiger partial charge >= 0.3 is 0 Å². The molecule has 0 aliphatic carbocycles. The number of pyridine rings is 1. The molecule has 2 heterocycles. The van der Waals surface area contributed by atoms with Gasteiger partial charge in [0, 0.05) is 44.2 Å². The molecule has 0 unspecified atom stereocenters. The zero-order valence-electron chi connectivity index (χ0n) is 9.86. The average molecular weight is 316 g/mol. The summed E-state index contributed by atoms with van der Waals surface area (Å²) in [5, 5.41) is 3.44. The van der Waals surface area contributed by atoms with Gasteiger partial charge in [0.15, 0.2) is 0 Å². The SMILES string of the molecule is Brc1cccc(CNCCN2CCSCC2)n1. The van der Waals surface area contributed by atoms with E-state index in [0.717, 1.165) is 29.9 Å². The first-order valence-electron chi connectivity index (χ1n) is 5.97. The fraction of sp³-hybridized carbons (Fsp3) is 0.583. The second-order valence-corrected chi connectivity index (χ2v) is 6.12. The Hall–Kier alpha value is -0.100. The molecular weight excluding hydrogens is 298 g/mol. The molecule has 3 nitrogen and oxygen atoms in total. The number of nitrogens with zero attached hydrogens (tertiary/aromatic N) is 2. The molecule has 0 bridgehead atoms. The van der Waals surface area contributed by atoms with Gasteiger partial charge in [0.1, 0.15) is 4.60 Å². The Morgan fingerprint density at radius 3 is 2.94 bits per heavy atom. The van der Waals surface area contributed by atoms with Crippen molar-refractivity contribution < 1.29 is 0 Å². The van der Waals surface area contributed by atoms with Crippen LogP contribution in [0.15, 0.2) is 22.8 Å². The van der Waals surface area contributed by atoms with Gasteiger partial charge in [0.2, 0.25) is 0 Å². The molecule has 1 aliphatic heterocycles. The highest BCUT2D eigenvalue weighted by atomic mass is 79.9. The summed E-state index contributed by atoms with van der Waals surface area (Å²) in [7, 11) is 0. The molecule has 0 radical (unpaired) electrons. The standard InChI is InChI=1S/C12H18BrN3S/c13-12-3-1-2-11(15-12)10-14-4-5-16-6-8-17-9-7-16/h1-3,14H,4-10H2. The molecule has 0 saturated carbocycles. The van der Waals surface area contributed by atoms with Crippen LogP contribution in [0.1, 0.15) is 5.69 Å². The van der Waals surface area contributed by atoms with Gasteiger partial charge in [-0.05, 0) is 28.1 Å². The summed E-state index contributed by atoms with van der Waals surface area (Å²) < 4.78 is 0.907. The molecule has 2 rings (SSSR count). The molecule has 5 heteroatoms. The topological polar surface area (TPSA) is 28.2 Å². The first-order valence-corrected chi connectivity index (χ1v) is 7.91. The molecular formula is C12H18BrN3S. The van der Waals surface area contributed by atoms with Crippen molar-refractivity contribution in [2.75, 3.05) is 37.7 Å². The average Bonchev–Trinajstić information content (AvgIpc) is 2.36. The van der Waals surface area contributed by atoms with E-state index in [9.17, 15) is 0 Å². The van der Waals surface area contributed by atoms with Gasteiger partial charge in [0.25, 0.3) is 0 Å². The Kier molecular flexibility index (Phi) is 5.77. The monoisotopic (exact) mass is 315 g/mol. The van der Waals surface area contributed by atoms with Crippen LogP contribution in [0.5, 0.6) is 0 Å². The summed E-state index contributed by atoms with van der Waals surface area (Å²) >= 11 is 5.44. The van der Waals surface area contributed by atoms with Crippen molar-refractivity contribution >= 4 is 27.7 Å². The number of hydrogen-bond acceptors (Lipinski definition) is 4. The lowest BCUT2D eigenvalue weighted by atomic mass is 10.3. The summed E-state index contributed by atoms with van der Waals surface area (Å²) in [5.74, 6) is 2.57. The maximum atomic E-state index is 4.39. The minimum absolute atomic E-state index is 0.849. The first-order chi connectivity index (χ1) is 8.34. The highest BCUT2D eigenvalue weighted by molar-refractivity contribution is 9.10. The predicted octanol–water partition coefficient (Wildman–Crippen LogP) is 1.98. The van der Waals surface area contributed by atoms with E-state index in [1.165, 1.54) is 24.6 Å². The third-order valence-corrected chi connectivity index (χ3v) is 4.17. The molecule has 1 N–H and O–H groups in total. The van der Waals surface area contributed by atoms with Crippen LogP contribution in [0.2, 0.25) is 0 Å². The lowest BCUT2D eigenvalue weighted by Gasteiger charge is -2.26. The maximum Gasteiger partial charge on any atom is 0.106 e. The van der Waals surface area contributed by atoms with Crippen LogP contribution in [0.4, 0.5) is 0 Å². The first kappa shape index (κ1) is 13.3. The van der Waals surface area contributed by atoms with E-state index in [-0.39, 0.29) is 0 Å². The van der Waals surface area contributed by atoms with E-state index in [0.29, 0.717) is 0 Å². The van der Waals surface area contributed by atoms with Crippen molar-refractivity contribution in [1.29, 1.82) is 0 Å². The van der Waals surface area contributed by atoms with E-state index < -0.39 is 0 Å². The predicted molar refractivity (Wildman–Crippen MR) is 77.4 cm³/mol. The quantitative estimate of drug-likeness (QED) is 0.664. The number of rotatable bonds is 5. The summed E-state index contributed by atoms with van der Waals surface area (Å²) in [6.45, 7) is 5.51. The second kappa shape index (κ2) is 7.36. The highest BCUT2D eigenvalue weighted by Gasteiger charge is 2.08. The largest absolute Gasteiger partial charge is 0.310 e. The van der Waals surface area contributed by atoms with Crippen molar-refractivity contribution in [3.05, 3.63) is 28.5 Å². The van der Waals surface area contributed by atoms with Gasteiger partial charge in [-0.2, -0.15) is 11.8 Å². The number of hydrogen-bond donors (Lipinski definition) is 1. The van der Waals surface area contributed by atoms with Crippen LogP contribution < -0.4 is 5.32 Å². The lowest BCUT2D eigenvalue weighted by molar-refractivity contribution is 0.301. The molecule has 0 atom stereocenters. The lowest BCUT2D eigenvalue weighted by Crippen LogP contribution is -2.37. The molecule has 1 fully saturated rings. The van der Waals surface area contributed by atoms with Crippen LogP contribution in [-0.4, -0.2) is 47.6 Å². The van der Waals surface area contributed by atoms with Gasteiger partial charge in [-0.3, -0.25) is 0 Å². The van der Waals surface area contributed by atoms with E-state index in [1.807, 2.05) is 12.1 Å². The molecule has 1 aromatic rings. The van der Waals surface area contributed by atoms with E-state index >= 15 is 0 Å². The van der Waals surface area contributed by atoms with Crippen molar-refractivity contribution in [2.45, 2.75) is 6.54 Å². The Labute approximate surface area is 116 Å². The normalized spacial score (nSPS) is 17.2. The Bertz CT molecular complexity index is 342. The van der Waals surface area contributed by atoms with Crippen molar-refractivity contribution in [1.82, 2.24) is 15.2 Å². The van der Waals surface area contributed by atoms with E-state index in [4.69, 9.17) is 0 Å². The zero-order chi connectivity index (χ0) is 11.9. The fourth-order valence-electron chi connectivity index (χ4n) is 1.83. The van der Waals surface area contributed by atoms with E-state index in [2.05, 4.69) is 49.0 Å². The molecule has 0 amide bonds. The van der Waals surface area contributed by atoms with Crippen molar-refractivity contribution in [3.63, 3.8) is 0 Å². The van der Waals surface area contributed by atoms with Crippen LogP contribution in [-0.2, 0) is 6.54 Å². The third kappa shape index (κ3) is 4.95. The van der Waals surface area contributed by atoms with Crippen LogP contribution in [0.25, 0.3) is 0 Å². The Morgan fingerprint density at radius 1 is 1.35 bits per heavy atom. The smallest absolute Gasteiger partial charge is 0.106 e. The summed E-state index contributed by atoms with van der Waals surface area (Å²) in [5.41, 5.74) is 1.09. The number of nitrogens with one attached hydrogen (secondary N) is 1. The Balaban J connectivity index is 1.62. The molecule has 1 aliphatic rings. The Morgan fingerprint density at radius 2 is 2.18 bits per heavy atom. The minimum Gasteiger partial charge on any atom is -0.310 e. The van der Waals surface area contributed by atoms with Gasteiger partial charge in [0.05, 0.1) is 5.69 Å².